The third-order valence-electron chi connectivity index (χ3n) is 3.68. The highest BCUT2D eigenvalue weighted by Gasteiger charge is 2.05. The van der Waals surface area contributed by atoms with E-state index >= 15 is 0 Å². The number of amides is 1. The van der Waals surface area contributed by atoms with Crippen LogP contribution in [0.25, 0.3) is 0 Å². The standard InChI is InChI=1S/C18H22N2O3/c1-4-20-12-15(6-8-18(20)22)19-17(21)9-10-23-16-7-5-13(2)14(3)11-16/h5-8,11-12H,4,9-10H2,1-3H3,(H,19,21). The van der Waals surface area contributed by atoms with Crippen LogP contribution in [0.4, 0.5) is 5.69 Å². The van der Waals surface area contributed by atoms with E-state index in [9.17, 15) is 9.59 Å². The van der Waals surface area contributed by atoms with Crippen molar-refractivity contribution < 1.29 is 9.53 Å². The lowest BCUT2D eigenvalue weighted by Gasteiger charge is -2.10. The average molecular weight is 314 g/mol. The molecule has 0 aliphatic rings. The summed E-state index contributed by atoms with van der Waals surface area (Å²) >= 11 is 0. The molecule has 5 nitrogen and oxygen atoms in total. The van der Waals surface area contributed by atoms with Crippen molar-refractivity contribution in [3.05, 3.63) is 58.0 Å². The topological polar surface area (TPSA) is 60.3 Å². The highest BCUT2D eigenvalue weighted by molar-refractivity contribution is 5.90. The Kier molecular flexibility index (Phi) is 5.57. The Balaban J connectivity index is 1.85. The van der Waals surface area contributed by atoms with E-state index in [1.54, 1.807) is 16.8 Å². The summed E-state index contributed by atoms with van der Waals surface area (Å²) in [5, 5.41) is 2.77. The molecule has 122 valence electrons. The summed E-state index contributed by atoms with van der Waals surface area (Å²) in [5.74, 6) is 0.621. The summed E-state index contributed by atoms with van der Waals surface area (Å²) in [6.07, 6.45) is 1.89. The van der Waals surface area contributed by atoms with Crippen molar-refractivity contribution in [2.45, 2.75) is 33.7 Å². The number of aryl methyl sites for hydroxylation is 3. The lowest BCUT2D eigenvalue weighted by molar-refractivity contribution is -0.116. The van der Waals surface area contributed by atoms with Crippen molar-refractivity contribution in [1.82, 2.24) is 4.57 Å². The fourth-order valence-electron chi connectivity index (χ4n) is 2.14. The Labute approximate surface area is 135 Å². The van der Waals surface area contributed by atoms with Gasteiger partial charge in [-0.05, 0) is 50.1 Å². The second-order valence-corrected chi connectivity index (χ2v) is 5.43. The molecule has 0 spiro atoms. The third kappa shape index (κ3) is 4.71. The average Bonchev–Trinajstić information content (AvgIpc) is 2.52. The van der Waals surface area contributed by atoms with Gasteiger partial charge < -0.3 is 14.6 Å². The quantitative estimate of drug-likeness (QED) is 0.892. The zero-order chi connectivity index (χ0) is 16.8. The van der Waals surface area contributed by atoms with Crippen LogP contribution in [0.15, 0.2) is 41.3 Å². The van der Waals surface area contributed by atoms with E-state index in [-0.39, 0.29) is 17.9 Å². The lowest BCUT2D eigenvalue weighted by atomic mass is 10.1. The number of carbonyl (C=O) groups is 1. The van der Waals surface area contributed by atoms with Crippen molar-refractivity contribution in [1.29, 1.82) is 0 Å². The highest BCUT2D eigenvalue weighted by Crippen LogP contribution is 2.16. The summed E-state index contributed by atoms with van der Waals surface area (Å²) < 4.78 is 7.14. The highest BCUT2D eigenvalue weighted by atomic mass is 16.5. The largest absolute Gasteiger partial charge is 0.493 e. The van der Waals surface area contributed by atoms with Crippen molar-refractivity contribution in [2.75, 3.05) is 11.9 Å². The number of anilines is 1. The van der Waals surface area contributed by atoms with E-state index in [4.69, 9.17) is 4.74 Å². The van der Waals surface area contributed by atoms with Gasteiger partial charge in [0.15, 0.2) is 0 Å². The number of rotatable bonds is 6. The van der Waals surface area contributed by atoms with Gasteiger partial charge in [-0.2, -0.15) is 0 Å². The van der Waals surface area contributed by atoms with Crippen molar-refractivity contribution in [2.24, 2.45) is 0 Å². The van der Waals surface area contributed by atoms with Gasteiger partial charge in [0.2, 0.25) is 5.91 Å². The predicted octanol–water partition coefficient (Wildman–Crippen LogP) is 2.89. The number of nitrogens with one attached hydrogen (secondary N) is 1. The van der Waals surface area contributed by atoms with E-state index in [0.717, 1.165) is 11.3 Å². The molecule has 0 atom stereocenters. The minimum atomic E-state index is -0.143. The van der Waals surface area contributed by atoms with Crippen LogP contribution in [0.2, 0.25) is 0 Å². The minimum absolute atomic E-state index is 0.0800. The molecular weight excluding hydrogens is 292 g/mol. The minimum Gasteiger partial charge on any atom is -0.493 e. The van der Waals surface area contributed by atoms with Gasteiger partial charge >= 0.3 is 0 Å². The monoisotopic (exact) mass is 314 g/mol. The number of hydrogen-bond donors (Lipinski definition) is 1. The van der Waals surface area contributed by atoms with Crippen molar-refractivity contribution in [3.8, 4) is 5.75 Å². The molecule has 5 heteroatoms. The molecule has 1 N–H and O–H groups in total. The van der Waals surface area contributed by atoms with E-state index in [0.29, 0.717) is 18.8 Å². The van der Waals surface area contributed by atoms with Crippen LogP contribution in [0, 0.1) is 13.8 Å². The zero-order valence-corrected chi connectivity index (χ0v) is 13.8. The lowest BCUT2D eigenvalue weighted by Crippen LogP contribution is -2.20. The Morgan fingerprint density at radius 1 is 1.17 bits per heavy atom. The Hall–Kier alpha value is -2.56. The number of pyridine rings is 1. The molecule has 0 saturated heterocycles. The van der Waals surface area contributed by atoms with Crippen LogP contribution < -0.4 is 15.6 Å². The number of hydrogen-bond acceptors (Lipinski definition) is 3. The number of aromatic nitrogens is 1. The van der Waals surface area contributed by atoms with Crippen molar-refractivity contribution >= 4 is 11.6 Å². The molecule has 1 amide bonds. The normalized spacial score (nSPS) is 10.4. The molecule has 0 bridgehead atoms. The van der Waals surface area contributed by atoms with Gasteiger partial charge in [0.1, 0.15) is 5.75 Å². The summed E-state index contributed by atoms with van der Waals surface area (Å²) in [6, 6.07) is 8.92. The molecule has 0 fully saturated rings. The number of ether oxygens (including phenoxy) is 1. The van der Waals surface area contributed by atoms with E-state index in [1.165, 1.54) is 11.6 Å². The number of nitrogens with zero attached hydrogens (tertiary/aromatic N) is 1. The fourth-order valence-corrected chi connectivity index (χ4v) is 2.14. The Morgan fingerprint density at radius 2 is 1.96 bits per heavy atom. The number of benzene rings is 1. The van der Waals surface area contributed by atoms with Gasteiger partial charge in [0.05, 0.1) is 18.7 Å². The maximum atomic E-state index is 11.9. The maximum Gasteiger partial charge on any atom is 0.250 e. The van der Waals surface area contributed by atoms with Crippen LogP contribution in [0.5, 0.6) is 5.75 Å². The molecule has 0 aliphatic heterocycles. The molecule has 1 heterocycles. The first-order chi connectivity index (χ1) is 11.0. The molecule has 0 aliphatic carbocycles. The fraction of sp³-hybridized carbons (Fsp3) is 0.333. The van der Waals surface area contributed by atoms with Gasteiger partial charge in [-0.15, -0.1) is 0 Å². The maximum absolute atomic E-state index is 11.9. The van der Waals surface area contributed by atoms with Gasteiger partial charge in [-0.3, -0.25) is 9.59 Å². The number of carbonyl (C=O) groups excluding carboxylic acids is 1. The van der Waals surface area contributed by atoms with E-state index < -0.39 is 0 Å². The second kappa shape index (κ2) is 7.63. The first-order valence-electron chi connectivity index (χ1n) is 7.70. The molecule has 1 aromatic heterocycles. The molecular formula is C18H22N2O3. The first-order valence-corrected chi connectivity index (χ1v) is 7.70. The summed E-state index contributed by atoms with van der Waals surface area (Å²) in [6.45, 7) is 6.82. The van der Waals surface area contributed by atoms with Crippen LogP contribution >= 0.6 is 0 Å². The summed E-state index contributed by atoms with van der Waals surface area (Å²) in [4.78, 5) is 23.4. The SMILES string of the molecule is CCn1cc(NC(=O)CCOc2ccc(C)c(C)c2)ccc1=O. The van der Waals surface area contributed by atoms with Gasteiger partial charge in [-0.1, -0.05) is 6.07 Å². The van der Waals surface area contributed by atoms with Crippen LogP contribution in [-0.4, -0.2) is 17.1 Å². The van der Waals surface area contributed by atoms with Crippen molar-refractivity contribution in [3.63, 3.8) is 0 Å². The van der Waals surface area contributed by atoms with Gasteiger partial charge in [0, 0.05) is 18.8 Å². The summed E-state index contributed by atoms with van der Waals surface area (Å²) in [5.41, 5.74) is 2.90. The smallest absolute Gasteiger partial charge is 0.250 e. The zero-order valence-electron chi connectivity index (χ0n) is 13.8. The first kappa shape index (κ1) is 16.8. The molecule has 2 rings (SSSR count). The van der Waals surface area contributed by atoms with E-state index in [1.807, 2.05) is 39.0 Å². The van der Waals surface area contributed by atoms with E-state index in [2.05, 4.69) is 5.32 Å². The Bertz CT molecular complexity index is 750. The van der Waals surface area contributed by atoms with Crippen LogP contribution in [0.1, 0.15) is 24.5 Å². The molecule has 0 saturated carbocycles. The van der Waals surface area contributed by atoms with Crippen LogP contribution in [-0.2, 0) is 11.3 Å². The molecule has 2 aromatic rings. The van der Waals surface area contributed by atoms with Gasteiger partial charge in [0.25, 0.3) is 5.56 Å². The van der Waals surface area contributed by atoms with Crippen LogP contribution in [0.3, 0.4) is 0 Å². The second-order valence-electron chi connectivity index (χ2n) is 5.43. The third-order valence-corrected chi connectivity index (χ3v) is 3.68. The molecule has 23 heavy (non-hydrogen) atoms. The molecule has 0 radical (unpaired) electrons. The Morgan fingerprint density at radius 3 is 2.65 bits per heavy atom. The summed E-state index contributed by atoms with van der Waals surface area (Å²) in [7, 11) is 0. The molecule has 1 aromatic carbocycles. The molecule has 0 unspecified atom stereocenters. The predicted molar refractivity (Wildman–Crippen MR) is 91.0 cm³/mol. The van der Waals surface area contributed by atoms with Gasteiger partial charge in [-0.25, -0.2) is 0 Å².